The molecule has 0 aliphatic carbocycles. The van der Waals surface area contributed by atoms with Gasteiger partial charge in [-0.25, -0.2) is 4.98 Å². The number of oxazole rings is 1. The highest BCUT2D eigenvalue weighted by Crippen LogP contribution is 2.29. The van der Waals surface area contributed by atoms with Crippen molar-refractivity contribution in [2.24, 2.45) is 0 Å². The van der Waals surface area contributed by atoms with E-state index in [1.165, 1.54) is 11.1 Å². The lowest BCUT2D eigenvalue weighted by molar-refractivity contribution is 0.590. The molecule has 0 amide bonds. The number of rotatable bonds is 3. The van der Waals surface area contributed by atoms with E-state index in [-0.39, 0.29) is 5.41 Å². The number of benzene rings is 3. The van der Waals surface area contributed by atoms with Crippen LogP contribution in [0.5, 0.6) is 0 Å². The molecule has 0 fully saturated rings. The van der Waals surface area contributed by atoms with Gasteiger partial charge in [-0.1, -0.05) is 81.5 Å². The Morgan fingerprint density at radius 2 is 1.44 bits per heavy atom. The minimum absolute atomic E-state index is 0.0973. The summed E-state index contributed by atoms with van der Waals surface area (Å²) in [7, 11) is 0. The Bertz CT molecular complexity index is 1080. The van der Waals surface area contributed by atoms with Crippen molar-refractivity contribution < 1.29 is 4.42 Å². The van der Waals surface area contributed by atoms with Crippen LogP contribution in [0.15, 0.2) is 77.2 Å². The fraction of sp³-hybridized carbons (Fsp3) is 0.160. The molecule has 0 radical (unpaired) electrons. The Labute approximate surface area is 160 Å². The van der Waals surface area contributed by atoms with Crippen LogP contribution in [0.2, 0.25) is 0 Å². The van der Waals surface area contributed by atoms with Crippen LogP contribution in [0.3, 0.4) is 0 Å². The van der Waals surface area contributed by atoms with Gasteiger partial charge in [0, 0.05) is 5.56 Å². The second-order valence-corrected chi connectivity index (χ2v) is 7.82. The first-order valence-electron chi connectivity index (χ1n) is 9.24. The molecular weight excluding hydrogens is 330 g/mol. The molecule has 3 aromatic carbocycles. The topological polar surface area (TPSA) is 26.0 Å². The van der Waals surface area contributed by atoms with E-state index in [2.05, 4.69) is 81.5 Å². The SMILES string of the molecule is CC(C)(C)c1ccc2oc(-c3ccc(/C=C/c4ccccc4)cc3)nc2c1. The summed E-state index contributed by atoms with van der Waals surface area (Å²) < 4.78 is 5.96. The Morgan fingerprint density at radius 3 is 2.11 bits per heavy atom. The molecule has 134 valence electrons. The zero-order valence-corrected chi connectivity index (χ0v) is 15.9. The molecule has 0 bridgehead atoms. The van der Waals surface area contributed by atoms with E-state index >= 15 is 0 Å². The molecule has 4 rings (SSSR count). The first kappa shape index (κ1) is 17.3. The zero-order valence-electron chi connectivity index (χ0n) is 15.9. The van der Waals surface area contributed by atoms with Crippen LogP contribution in [-0.4, -0.2) is 4.98 Å². The summed E-state index contributed by atoms with van der Waals surface area (Å²) in [5.74, 6) is 0.662. The number of hydrogen-bond donors (Lipinski definition) is 0. The molecule has 0 unspecified atom stereocenters. The number of hydrogen-bond acceptors (Lipinski definition) is 2. The van der Waals surface area contributed by atoms with Crippen molar-refractivity contribution in [1.82, 2.24) is 4.98 Å². The standard InChI is InChI=1S/C25H23NO/c1-25(2,3)21-15-16-23-22(17-21)26-24(27-23)20-13-11-19(12-14-20)10-9-18-7-5-4-6-8-18/h4-17H,1-3H3/b10-9+. The predicted octanol–water partition coefficient (Wildman–Crippen LogP) is 6.96. The Balaban J connectivity index is 1.59. The van der Waals surface area contributed by atoms with Crippen LogP contribution >= 0.6 is 0 Å². The van der Waals surface area contributed by atoms with Crippen molar-refractivity contribution >= 4 is 23.3 Å². The minimum atomic E-state index is 0.0973. The van der Waals surface area contributed by atoms with Crippen molar-refractivity contribution in [2.45, 2.75) is 26.2 Å². The molecule has 27 heavy (non-hydrogen) atoms. The van der Waals surface area contributed by atoms with Crippen LogP contribution in [0.25, 0.3) is 34.7 Å². The van der Waals surface area contributed by atoms with E-state index in [1.807, 2.05) is 24.3 Å². The molecule has 0 spiro atoms. The summed E-state index contributed by atoms with van der Waals surface area (Å²) in [6, 6.07) is 24.8. The molecule has 0 atom stereocenters. The Hall–Kier alpha value is -3.13. The zero-order chi connectivity index (χ0) is 18.9. The second kappa shape index (κ2) is 6.88. The smallest absolute Gasteiger partial charge is 0.227 e. The van der Waals surface area contributed by atoms with Gasteiger partial charge in [-0.2, -0.15) is 0 Å². The van der Waals surface area contributed by atoms with Crippen molar-refractivity contribution in [3.63, 3.8) is 0 Å². The average molecular weight is 353 g/mol. The lowest BCUT2D eigenvalue weighted by atomic mass is 9.87. The summed E-state index contributed by atoms with van der Waals surface area (Å²) in [6.45, 7) is 6.62. The molecule has 0 aliphatic heterocycles. The third-order valence-corrected chi connectivity index (χ3v) is 4.68. The summed E-state index contributed by atoms with van der Waals surface area (Å²) in [4.78, 5) is 4.70. The molecule has 0 aliphatic rings. The fourth-order valence-electron chi connectivity index (χ4n) is 3.01. The highest BCUT2D eigenvalue weighted by atomic mass is 16.3. The van der Waals surface area contributed by atoms with E-state index in [9.17, 15) is 0 Å². The van der Waals surface area contributed by atoms with E-state index in [1.54, 1.807) is 0 Å². The second-order valence-electron chi connectivity index (χ2n) is 7.82. The van der Waals surface area contributed by atoms with Gasteiger partial charge in [-0.05, 0) is 46.4 Å². The molecule has 0 N–H and O–H groups in total. The van der Waals surface area contributed by atoms with Crippen LogP contribution in [0.1, 0.15) is 37.5 Å². The first-order valence-corrected chi connectivity index (χ1v) is 9.24. The van der Waals surface area contributed by atoms with Crippen molar-refractivity contribution in [2.75, 3.05) is 0 Å². The summed E-state index contributed by atoms with van der Waals surface area (Å²) >= 11 is 0. The molecule has 0 saturated carbocycles. The van der Waals surface area contributed by atoms with Gasteiger partial charge < -0.3 is 4.42 Å². The minimum Gasteiger partial charge on any atom is -0.436 e. The third-order valence-electron chi connectivity index (χ3n) is 4.68. The highest BCUT2D eigenvalue weighted by molar-refractivity contribution is 5.78. The summed E-state index contributed by atoms with van der Waals surface area (Å²) in [5, 5.41) is 0. The van der Waals surface area contributed by atoms with Crippen LogP contribution < -0.4 is 0 Å². The molecule has 4 aromatic rings. The maximum Gasteiger partial charge on any atom is 0.227 e. The predicted molar refractivity (Wildman–Crippen MR) is 114 cm³/mol. The van der Waals surface area contributed by atoms with Gasteiger partial charge in [0.25, 0.3) is 0 Å². The maximum atomic E-state index is 5.96. The third kappa shape index (κ3) is 3.85. The normalized spacial score (nSPS) is 12.1. The Morgan fingerprint density at radius 1 is 0.778 bits per heavy atom. The van der Waals surface area contributed by atoms with Crippen molar-refractivity contribution in [3.05, 3.63) is 89.5 Å². The first-order chi connectivity index (χ1) is 13.0. The molecular formula is C25H23NO. The monoisotopic (exact) mass is 353 g/mol. The summed E-state index contributed by atoms with van der Waals surface area (Å²) in [5.41, 5.74) is 6.41. The molecule has 1 aromatic heterocycles. The lowest BCUT2D eigenvalue weighted by Gasteiger charge is -2.18. The average Bonchev–Trinajstić information content (AvgIpc) is 3.10. The number of nitrogens with zero attached hydrogens (tertiary/aromatic N) is 1. The maximum absolute atomic E-state index is 5.96. The highest BCUT2D eigenvalue weighted by Gasteiger charge is 2.16. The lowest BCUT2D eigenvalue weighted by Crippen LogP contribution is -2.10. The van der Waals surface area contributed by atoms with E-state index in [0.717, 1.165) is 22.2 Å². The van der Waals surface area contributed by atoms with Gasteiger partial charge in [0.2, 0.25) is 5.89 Å². The quantitative estimate of drug-likeness (QED) is 0.372. The number of aromatic nitrogens is 1. The van der Waals surface area contributed by atoms with E-state index < -0.39 is 0 Å². The van der Waals surface area contributed by atoms with Gasteiger partial charge in [-0.15, -0.1) is 0 Å². The van der Waals surface area contributed by atoms with Gasteiger partial charge in [0.1, 0.15) is 5.52 Å². The van der Waals surface area contributed by atoms with Crippen LogP contribution in [-0.2, 0) is 5.41 Å². The van der Waals surface area contributed by atoms with Crippen LogP contribution in [0, 0.1) is 0 Å². The molecule has 2 heteroatoms. The van der Waals surface area contributed by atoms with E-state index in [0.29, 0.717) is 5.89 Å². The van der Waals surface area contributed by atoms with Gasteiger partial charge in [0.05, 0.1) is 0 Å². The van der Waals surface area contributed by atoms with Gasteiger partial charge >= 0.3 is 0 Å². The van der Waals surface area contributed by atoms with Crippen molar-refractivity contribution in [1.29, 1.82) is 0 Å². The van der Waals surface area contributed by atoms with Crippen LogP contribution in [0.4, 0.5) is 0 Å². The van der Waals surface area contributed by atoms with Gasteiger partial charge in [0.15, 0.2) is 5.58 Å². The van der Waals surface area contributed by atoms with Crippen molar-refractivity contribution in [3.8, 4) is 11.5 Å². The largest absolute Gasteiger partial charge is 0.436 e. The van der Waals surface area contributed by atoms with E-state index in [4.69, 9.17) is 9.40 Å². The molecule has 2 nitrogen and oxygen atoms in total. The van der Waals surface area contributed by atoms with Gasteiger partial charge in [-0.3, -0.25) is 0 Å². The molecule has 0 saturated heterocycles. The Kier molecular flexibility index (Phi) is 4.41. The summed E-state index contributed by atoms with van der Waals surface area (Å²) in [6.07, 6.45) is 4.23. The number of fused-ring (bicyclic) bond motifs is 1. The fourth-order valence-corrected chi connectivity index (χ4v) is 3.01. The molecule has 1 heterocycles.